The van der Waals surface area contributed by atoms with Crippen molar-refractivity contribution in [1.82, 2.24) is 4.31 Å². The van der Waals surface area contributed by atoms with Crippen LogP contribution in [0.2, 0.25) is 0 Å². The van der Waals surface area contributed by atoms with E-state index in [0.717, 1.165) is 30.4 Å². The summed E-state index contributed by atoms with van der Waals surface area (Å²) in [4.78, 5) is 2.58. The molecule has 0 aliphatic carbocycles. The topological polar surface area (TPSA) is 40.6 Å². The molecule has 0 bridgehead atoms. The monoisotopic (exact) mass is 376 g/mol. The molecule has 0 aliphatic heterocycles. The van der Waals surface area contributed by atoms with Gasteiger partial charge in [0.15, 0.2) is 0 Å². The van der Waals surface area contributed by atoms with E-state index in [1.54, 1.807) is 26.2 Å². The van der Waals surface area contributed by atoms with Crippen LogP contribution in [0.15, 0.2) is 29.2 Å². The van der Waals surface area contributed by atoms with Crippen molar-refractivity contribution in [1.29, 1.82) is 0 Å². The lowest BCUT2D eigenvalue weighted by molar-refractivity contribution is 0.518. The van der Waals surface area contributed by atoms with E-state index in [1.165, 1.54) is 4.31 Å². The molecular formula is C15H25BrN2O2S. The zero-order valence-electron chi connectivity index (χ0n) is 13.2. The molecular weight excluding hydrogens is 352 g/mol. The van der Waals surface area contributed by atoms with Crippen LogP contribution in [0.3, 0.4) is 0 Å². The van der Waals surface area contributed by atoms with Gasteiger partial charge >= 0.3 is 0 Å². The Bertz CT molecular complexity index is 542. The molecule has 0 saturated carbocycles. The molecule has 6 heteroatoms. The highest BCUT2D eigenvalue weighted by Crippen LogP contribution is 2.29. The lowest BCUT2D eigenvalue weighted by Gasteiger charge is -2.34. The quantitative estimate of drug-likeness (QED) is 0.653. The van der Waals surface area contributed by atoms with E-state index in [4.69, 9.17) is 0 Å². The summed E-state index contributed by atoms with van der Waals surface area (Å²) in [5, 5.41) is 0.805. The normalized spacial score (nSPS) is 12.1. The van der Waals surface area contributed by atoms with Crippen LogP contribution in [0.1, 0.15) is 26.7 Å². The summed E-state index contributed by atoms with van der Waals surface area (Å²) in [5.41, 5.74) is 0.791. The maximum Gasteiger partial charge on any atom is 0.244 e. The molecule has 0 aliphatic rings. The van der Waals surface area contributed by atoms with Crippen LogP contribution in [-0.2, 0) is 10.0 Å². The number of sulfonamides is 1. The van der Waals surface area contributed by atoms with Crippen LogP contribution in [0.5, 0.6) is 0 Å². The van der Waals surface area contributed by atoms with Gasteiger partial charge in [0, 0.05) is 32.0 Å². The number of hydrogen-bond donors (Lipinski definition) is 0. The van der Waals surface area contributed by atoms with E-state index in [1.807, 2.05) is 12.1 Å². The van der Waals surface area contributed by atoms with Gasteiger partial charge in [-0.05, 0) is 25.0 Å². The molecule has 120 valence electrons. The van der Waals surface area contributed by atoms with E-state index >= 15 is 0 Å². The van der Waals surface area contributed by atoms with Crippen molar-refractivity contribution in [2.75, 3.05) is 30.9 Å². The van der Waals surface area contributed by atoms with Gasteiger partial charge in [-0.15, -0.1) is 0 Å². The first kappa shape index (κ1) is 18.5. The smallest absolute Gasteiger partial charge is 0.244 e. The summed E-state index contributed by atoms with van der Waals surface area (Å²) in [6.07, 6.45) is 1.97. The Kier molecular flexibility index (Phi) is 7.16. The molecule has 1 rings (SSSR count). The number of benzene rings is 1. The number of para-hydroxylation sites is 1. The lowest BCUT2D eigenvalue weighted by Crippen LogP contribution is -2.37. The van der Waals surface area contributed by atoms with Gasteiger partial charge in [-0.2, -0.15) is 0 Å². The third-order valence-electron chi connectivity index (χ3n) is 3.64. The number of halogens is 1. The zero-order valence-corrected chi connectivity index (χ0v) is 15.6. The highest BCUT2D eigenvalue weighted by Gasteiger charge is 2.25. The molecule has 0 unspecified atom stereocenters. The SMILES string of the molecule is CCC(CC)N(CCBr)c1ccccc1S(=O)(=O)N(C)C. The number of anilines is 1. The van der Waals surface area contributed by atoms with Gasteiger partial charge in [-0.25, -0.2) is 12.7 Å². The minimum atomic E-state index is -3.44. The van der Waals surface area contributed by atoms with Gasteiger partial charge in [0.25, 0.3) is 0 Å². The molecule has 21 heavy (non-hydrogen) atoms. The molecule has 0 saturated heterocycles. The maximum absolute atomic E-state index is 12.5. The number of hydrogen-bond acceptors (Lipinski definition) is 3. The lowest BCUT2D eigenvalue weighted by atomic mass is 10.1. The third-order valence-corrected chi connectivity index (χ3v) is 5.86. The minimum Gasteiger partial charge on any atom is -0.367 e. The van der Waals surface area contributed by atoms with E-state index < -0.39 is 10.0 Å². The molecule has 0 amide bonds. The fourth-order valence-corrected chi connectivity index (χ4v) is 3.91. The van der Waals surface area contributed by atoms with E-state index in [2.05, 4.69) is 34.7 Å². The van der Waals surface area contributed by atoms with Crippen LogP contribution < -0.4 is 4.90 Å². The number of alkyl halides is 1. The predicted octanol–water partition coefficient (Wildman–Crippen LogP) is 3.33. The molecule has 0 atom stereocenters. The Balaban J connectivity index is 3.40. The van der Waals surface area contributed by atoms with E-state index in [9.17, 15) is 8.42 Å². The van der Waals surface area contributed by atoms with Gasteiger partial charge in [-0.3, -0.25) is 0 Å². The summed E-state index contributed by atoms with van der Waals surface area (Å²) >= 11 is 3.48. The maximum atomic E-state index is 12.5. The molecule has 0 fully saturated rings. The highest BCUT2D eigenvalue weighted by atomic mass is 79.9. The summed E-state index contributed by atoms with van der Waals surface area (Å²) < 4.78 is 26.4. The second-order valence-corrected chi connectivity index (χ2v) is 8.02. The van der Waals surface area contributed by atoms with Crippen LogP contribution >= 0.6 is 15.9 Å². The first-order valence-corrected chi connectivity index (χ1v) is 9.80. The van der Waals surface area contributed by atoms with E-state index in [0.29, 0.717) is 10.9 Å². The largest absolute Gasteiger partial charge is 0.367 e. The Morgan fingerprint density at radius 2 is 1.71 bits per heavy atom. The van der Waals surface area contributed by atoms with Crippen molar-refractivity contribution in [3.63, 3.8) is 0 Å². The van der Waals surface area contributed by atoms with Gasteiger partial charge in [0.2, 0.25) is 10.0 Å². The highest BCUT2D eigenvalue weighted by molar-refractivity contribution is 9.09. The van der Waals surface area contributed by atoms with Crippen LogP contribution in [0.25, 0.3) is 0 Å². The Morgan fingerprint density at radius 3 is 2.19 bits per heavy atom. The Hall–Kier alpha value is -0.590. The summed E-state index contributed by atoms with van der Waals surface area (Å²) in [7, 11) is -0.309. The number of nitrogens with zero attached hydrogens (tertiary/aromatic N) is 2. The summed E-state index contributed by atoms with van der Waals surface area (Å²) in [6.45, 7) is 5.06. The molecule has 0 aromatic heterocycles. The second-order valence-electron chi connectivity index (χ2n) is 5.11. The van der Waals surface area contributed by atoms with Crippen LogP contribution in [0, 0.1) is 0 Å². The molecule has 0 heterocycles. The number of rotatable bonds is 8. The second kappa shape index (κ2) is 8.15. The van der Waals surface area contributed by atoms with Gasteiger partial charge in [-0.1, -0.05) is 41.9 Å². The average Bonchev–Trinajstić information content (AvgIpc) is 2.47. The fraction of sp³-hybridized carbons (Fsp3) is 0.600. The van der Waals surface area contributed by atoms with Gasteiger partial charge in [0.05, 0.1) is 5.69 Å². The van der Waals surface area contributed by atoms with Crippen molar-refractivity contribution in [2.45, 2.75) is 37.6 Å². The molecule has 0 N–H and O–H groups in total. The molecule has 4 nitrogen and oxygen atoms in total. The van der Waals surface area contributed by atoms with Crippen molar-refractivity contribution in [3.8, 4) is 0 Å². The Morgan fingerprint density at radius 1 is 1.14 bits per heavy atom. The summed E-state index contributed by atoms with van der Waals surface area (Å²) in [5.74, 6) is 0. The molecule has 1 aromatic carbocycles. The van der Waals surface area contributed by atoms with Crippen molar-refractivity contribution in [3.05, 3.63) is 24.3 Å². The minimum absolute atomic E-state index is 0.334. The van der Waals surface area contributed by atoms with Gasteiger partial charge < -0.3 is 4.90 Å². The third kappa shape index (κ3) is 4.20. The summed E-state index contributed by atoms with van der Waals surface area (Å²) in [6, 6.07) is 7.60. The fourth-order valence-electron chi connectivity index (χ4n) is 2.43. The van der Waals surface area contributed by atoms with Crippen LogP contribution in [0.4, 0.5) is 5.69 Å². The Labute approximate surface area is 137 Å². The molecule has 1 aromatic rings. The zero-order chi connectivity index (χ0) is 16.0. The van der Waals surface area contributed by atoms with Crippen molar-refractivity contribution < 1.29 is 8.42 Å². The standard InChI is InChI=1S/C15H25BrN2O2S/c1-5-13(6-2)18(12-11-16)14-9-7-8-10-15(14)21(19,20)17(3)4/h7-10,13H,5-6,11-12H2,1-4H3. The predicted molar refractivity (Wildman–Crippen MR) is 92.8 cm³/mol. The van der Waals surface area contributed by atoms with Crippen molar-refractivity contribution >= 4 is 31.6 Å². The molecule has 0 radical (unpaired) electrons. The van der Waals surface area contributed by atoms with Crippen molar-refractivity contribution in [2.24, 2.45) is 0 Å². The first-order chi connectivity index (χ1) is 9.89. The first-order valence-electron chi connectivity index (χ1n) is 7.24. The van der Waals surface area contributed by atoms with Crippen LogP contribution in [-0.4, -0.2) is 44.7 Å². The van der Waals surface area contributed by atoms with E-state index in [-0.39, 0.29) is 0 Å². The molecule has 0 spiro atoms. The van der Waals surface area contributed by atoms with Gasteiger partial charge in [0.1, 0.15) is 4.90 Å². The average molecular weight is 377 g/mol.